The number of rotatable bonds is 5. The Morgan fingerprint density at radius 3 is 2.55 bits per heavy atom. The van der Waals surface area contributed by atoms with Gasteiger partial charge in [-0.3, -0.25) is 9.59 Å². The first-order valence-corrected chi connectivity index (χ1v) is 7.20. The summed E-state index contributed by atoms with van der Waals surface area (Å²) < 4.78 is 0. The molecule has 0 heterocycles. The number of carbonyl (C=O) groups is 3. The van der Waals surface area contributed by atoms with Crippen molar-refractivity contribution < 1.29 is 14.4 Å². The van der Waals surface area contributed by atoms with Crippen molar-refractivity contribution in [3.63, 3.8) is 0 Å². The van der Waals surface area contributed by atoms with Gasteiger partial charge in [-0.2, -0.15) is 0 Å². The fourth-order valence-corrected chi connectivity index (χ4v) is 2.75. The van der Waals surface area contributed by atoms with Gasteiger partial charge in [0.2, 0.25) is 11.8 Å². The number of nitrogens with two attached hydrogens (primary N) is 2. The number of primary amides is 2. The summed E-state index contributed by atoms with van der Waals surface area (Å²) >= 11 is 0. The highest BCUT2D eigenvalue weighted by atomic mass is 16.2. The molecule has 1 atom stereocenters. The van der Waals surface area contributed by atoms with Crippen LogP contribution < -0.4 is 22.1 Å². The number of urea groups is 1. The second kappa shape index (κ2) is 6.93. The van der Waals surface area contributed by atoms with E-state index in [1.165, 1.54) is 11.1 Å². The summed E-state index contributed by atoms with van der Waals surface area (Å²) in [5, 5.41) is 4.85. The van der Waals surface area contributed by atoms with Crippen LogP contribution in [0.25, 0.3) is 0 Å². The highest BCUT2D eigenvalue weighted by Gasteiger charge is 2.25. The molecule has 2 rings (SSSR count). The average molecular weight is 304 g/mol. The summed E-state index contributed by atoms with van der Waals surface area (Å²) in [4.78, 5) is 33.8. The maximum Gasteiger partial charge on any atom is 0.315 e. The molecule has 1 aliphatic rings. The van der Waals surface area contributed by atoms with E-state index in [1.54, 1.807) is 0 Å². The quantitative estimate of drug-likeness (QED) is 0.560. The first kappa shape index (κ1) is 15.8. The van der Waals surface area contributed by atoms with Crippen molar-refractivity contribution in [2.45, 2.75) is 31.2 Å². The number of nitrogens with one attached hydrogen (secondary N) is 2. The molecule has 0 saturated heterocycles. The third kappa shape index (κ3) is 3.75. The highest BCUT2D eigenvalue weighted by Crippen LogP contribution is 2.30. The van der Waals surface area contributed by atoms with Crippen LogP contribution >= 0.6 is 0 Å². The predicted octanol–water partition coefficient (Wildman–Crippen LogP) is -0.255. The third-order valence-corrected chi connectivity index (χ3v) is 3.85. The Kier molecular flexibility index (Phi) is 4.98. The van der Waals surface area contributed by atoms with E-state index in [0.717, 1.165) is 19.3 Å². The third-order valence-electron chi connectivity index (χ3n) is 3.85. The Balaban J connectivity index is 1.92. The Labute approximate surface area is 128 Å². The molecular formula is C15H20N4O3. The fraction of sp³-hybridized carbons (Fsp3) is 0.400. The van der Waals surface area contributed by atoms with Crippen LogP contribution in [0.15, 0.2) is 24.3 Å². The minimum atomic E-state index is -1.50. The zero-order valence-corrected chi connectivity index (χ0v) is 12.2. The molecule has 6 N–H and O–H groups in total. The van der Waals surface area contributed by atoms with E-state index in [0.29, 0.717) is 6.54 Å². The van der Waals surface area contributed by atoms with Crippen LogP contribution in [0.5, 0.6) is 0 Å². The number of hydrogen-bond acceptors (Lipinski definition) is 3. The van der Waals surface area contributed by atoms with Crippen LogP contribution in [-0.2, 0) is 16.0 Å². The zero-order chi connectivity index (χ0) is 16.1. The van der Waals surface area contributed by atoms with Gasteiger partial charge in [0.1, 0.15) is 0 Å². The molecule has 118 valence electrons. The van der Waals surface area contributed by atoms with Gasteiger partial charge in [-0.1, -0.05) is 24.3 Å². The van der Waals surface area contributed by atoms with Crippen LogP contribution in [0, 0.1) is 0 Å². The molecule has 0 saturated carbocycles. The van der Waals surface area contributed by atoms with Gasteiger partial charge >= 0.3 is 6.03 Å². The summed E-state index contributed by atoms with van der Waals surface area (Å²) in [6.07, 6.45) is 3.09. The largest absolute Gasteiger partial charge is 0.367 e. The number of carbonyl (C=O) groups excluding carboxylic acids is 3. The molecule has 0 bridgehead atoms. The van der Waals surface area contributed by atoms with Crippen LogP contribution in [0.3, 0.4) is 0 Å². The van der Waals surface area contributed by atoms with E-state index in [1.807, 2.05) is 12.1 Å². The summed E-state index contributed by atoms with van der Waals surface area (Å²) in [6, 6.07) is 6.01. The Morgan fingerprint density at radius 1 is 1.18 bits per heavy atom. The lowest BCUT2D eigenvalue weighted by atomic mass is 9.83. The molecule has 22 heavy (non-hydrogen) atoms. The van der Waals surface area contributed by atoms with E-state index in [-0.39, 0.29) is 5.92 Å². The monoisotopic (exact) mass is 304 g/mol. The standard InChI is InChI=1S/C15H20N4O3/c16-13(20)12(14(17)21)19-15(22)18-8-10-6-3-5-9-4-1-2-7-11(9)10/h1-2,4,7,10,12H,3,5-6,8H2,(H2,16,20)(H2,17,21)(H2,18,19,22)/t10-/m1/s1. The SMILES string of the molecule is NC(=O)C(NC(=O)NC[C@H]1CCCc2ccccc21)C(N)=O. The fourth-order valence-electron chi connectivity index (χ4n) is 2.75. The molecule has 7 heteroatoms. The summed E-state index contributed by atoms with van der Waals surface area (Å²) in [6.45, 7) is 0.424. The molecule has 1 aliphatic carbocycles. The maximum absolute atomic E-state index is 11.8. The van der Waals surface area contributed by atoms with Crippen molar-refractivity contribution in [1.29, 1.82) is 0 Å². The first-order valence-electron chi connectivity index (χ1n) is 7.20. The van der Waals surface area contributed by atoms with Crippen molar-refractivity contribution in [3.8, 4) is 0 Å². The van der Waals surface area contributed by atoms with E-state index in [9.17, 15) is 14.4 Å². The molecule has 0 fully saturated rings. The van der Waals surface area contributed by atoms with E-state index >= 15 is 0 Å². The summed E-state index contributed by atoms with van der Waals surface area (Å²) in [7, 11) is 0. The van der Waals surface area contributed by atoms with Gasteiger partial charge in [-0.15, -0.1) is 0 Å². The van der Waals surface area contributed by atoms with E-state index in [2.05, 4.69) is 22.8 Å². The van der Waals surface area contributed by atoms with E-state index < -0.39 is 23.9 Å². The minimum Gasteiger partial charge on any atom is -0.367 e. The molecule has 0 unspecified atom stereocenters. The van der Waals surface area contributed by atoms with Gasteiger partial charge in [-0.25, -0.2) is 4.79 Å². The molecule has 1 aromatic carbocycles. The van der Waals surface area contributed by atoms with Crippen molar-refractivity contribution in [2.24, 2.45) is 11.5 Å². The lowest BCUT2D eigenvalue weighted by Gasteiger charge is -2.26. The van der Waals surface area contributed by atoms with Gasteiger partial charge < -0.3 is 22.1 Å². The van der Waals surface area contributed by atoms with Gasteiger partial charge in [0.15, 0.2) is 6.04 Å². The molecule has 7 nitrogen and oxygen atoms in total. The second-order valence-electron chi connectivity index (χ2n) is 5.38. The Bertz CT molecular complexity index is 574. The van der Waals surface area contributed by atoms with Crippen LogP contribution in [-0.4, -0.2) is 30.4 Å². The maximum atomic E-state index is 11.8. The number of benzene rings is 1. The van der Waals surface area contributed by atoms with Crippen molar-refractivity contribution in [1.82, 2.24) is 10.6 Å². The highest BCUT2D eigenvalue weighted by molar-refractivity contribution is 6.05. The smallest absolute Gasteiger partial charge is 0.315 e. The number of amides is 4. The lowest BCUT2D eigenvalue weighted by Crippen LogP contribution is -2.55. The minimum absolute atomic E-state index is 0.219. The predicted molar refractivity (Wildman–Crippen MR) is 80.8 cm³/mol. The molecule has 0 radical (unpaired) electrons. The summed E-state index contributed by atoms with van der Waals surface area (Å²) in [5.74, 6) is -1.74. The first-order chi connectivity index (χ1) is 10.5. The molecule has 0 aliphatic heterocycles. The normalized spacial score (nSPS) is 16.7. The van der Waals surface area contributed by atoms with Crippen LogP contribution in [0.4, 0.5) is 4.79 Å². The van der Waals surface area contributed by atoms with Crippen LogP contribution in [0.1, 0.15) is 29.9 Å². The molecule has 4 amide bonds. The zero-order valence-electron chi connectivity index (χ0n) is 12.2. The second-order valence-corrected chi connectivity index (χ2v) is 5.38. The van der Waals surface area contributed by atoms with E-state index in [4.69, 9.17) is 11.5 Å². The number of hydrogen-bond donors (Lipinski definition) is 4. The van der Waals surface area contributed by atoms with Gasteiger partial charge in [0, 0.05) is 12.5 Å². The van der Waals surface area contributed by atoms with Crippen molar-refractivity contribution in [3.05, 3.63) is 35.4 Å². The summed E-state index contributed by atoms with van der Waals surface area (Å²) in [5.41, 5.74) is 12.5. The van der Waals surface area contributed by atoms with Gasteiger partial charge in [0.25, 0.3) is 0 Å². The Morgan fingerprint density at radius 2 is 1.86 bits per heavy atom. The van der Waals surface area contributed by atoms with Crippen molar-refractivity contribution >= 4 is 17.8 Å². The molecule has 1 aromatic rings. The van der Waals surface area contributed by atoms with Crippen LogP contribution in [0.2, 0.25) is 0 Å². The number of aryl methyl sites for hydroxylation is 1. The number of fused-ring (bicyclic) bond motifs is 1. The van der Waals surface area contributed by atoms with Gasteiger partial charge in [0.05, 0.1) is 0 Å². The Hall–Kier alpha value is -2.57. The topological polar surface area (TPSA) is 127 Å². The molecule has 0 aromatic heterocycles. The lowest BCUT2D eigenvalue weighted by molar-refractivity contribution is -0.128. The molecule has 0 spiro atoms. The molecular weight excluding hydrogens is 284 g/mol. The van der Waals surface area contributed by atoms with Crippen molar-refractivity contribution in [2.75, 3.05) is 6.54 Å². The average Bonchev–Trinajstić information content (AvgIpc) is 2.49. The van der Waals surface area contributed by atoms with Gasteiger partial charge in [-0.05, 0) is 30.4 Å².